The van der Waals surface area contributed by atoms with Crippen LogP contribution in [0.15, 0.2) is 23.2 Å². The molecular weight excluding hydrogens is 344 g/mol. The second kappa shape index (κ2) is 8.80. The number of ether oxygens (including phenoxy) is 3. The molecule has 1 N–H and O–H groups in total. The Morgan fingerprint density at radius 2 is 1.93 bits per heavy atom. The lowest BCUT2D eigenvalue weighted by molar-refractivity contribution is 0.0195. The predicted molar refractivity (Wildman–Crippen MR) is 105 cm³/mol. The highest BCUT2D eigenvalue weighted by molar-refractivity contribution is 5.80. The number of guanidine groups is 1. The minimum Gasteiger partial charge on any atom is -0.490 e. The van der Waals surface area contributed by atoms with Gasteiger partial charge in [-0.05, 0) is 24.1 Å². The van der Waals surface area contributed by atoms with Crippen molar-refractivity contribution in [2.24, 2.45) is 4.99 Å². The van der Waals surface area contributed by atoms with E-state index in [9.17, 15) is 0 Å². The average Bonchev–Trinajstić information content (AvgIpc) is 3.08. The van der Waals surface area contributed by atoms with Crippen LogP contribution in [-0.4, -0.2) is 81.5 Å². The lowest BCUT2D eigenvalue weighted by atomic mass is 10.2. The van der Waals surface area contributed by atoms with Crippen LogP contribution < -0.4 is 14.8 Å². The van der Waals surface area contributed by atoms with Gasteiger partial charge in [-0.25, -0.2) is 0 Å². The molecule has 0 bridgehead atoms. The second-order valence-electron chi connectivity index (χ2n) is 7.27. The molecule has 2 saturated heterocycles. The van der Waals surface area contributed by atoms with Crippen molar-refractivity contribution in [2.45, 2.75) is 25.4 Å². The third-order valence-electron chi connectivity index (χ3n) is 5.50. The molecular formula is C20H30N4O3. The van der Waals surface area contributed by atoms with Crippen molar-refractivity contribution in [3.8, 4) is 11.5 Å². The Morgan fingerprint density at radius 3 is 2.74 bits per heavy atom. The third-order valence-corrected chi connectivity index (χ3v) is 5.50. The van der Waals surface area contributed by atoms with Crippen LogP contribution in [0.4, 0.5) is 0 Å². The monoisotopic (exact) mass is 374 g/mol. The highest BCUT2D eigenvalue weighted by atomic mass is 16.5. The summed E-state index contributed by atoms with van der Waals surface area (Å²) in [6.07, 6.45) is 2.11. The maximum absolute atomic E-state index is 5.79. The van der Waals surface area contributed by atoms with Gasteiger partial charge in [-0.1, -0.05) is 6.07 Å². The van der Waals surface area contributed by atoms with Gasteiger partial charge in [0, 0.05) is 52.2 Å². The summed E-state index contributed by atoms with van der Waals surface area (Å²) >= 11 is 0. The van der Waals surface area contributed by atoms with Gasteiger partial charge in [-0.15, -0.1) is 0 Å². The summed E-state index contributed by atoms with van der Waals surface area (Å²) in [5.74, 6) is 2.65. The van der Waals surface area contributed by atoms with E-state index in [1.807, 2.05) is 13.1 Å². The predicted octanol–water partition coefficient (Wildman–Crippen LogP) is 1.33. The Bertz CT molecular complexity index is 661. The quantitative estimate of drug-likeness (QED) is 0.636. The average molecular weight is 374 g/mol. The van der Waals surface area contributed by atoms with E-state index < -0.39 is 0 Å². The van der Waals surface area contributed by atoms with Crippen LogP contribution in [0.2, 0.25) is 0 Å². The fourth-order valence-electron chi connectivity index (χ4n) is 4.01. The van der Waals surface area contributed by atoms with Gasteiger partial charge in [-0.2, -0.15) is 0 Å². The standard InChI is InChI=1S/C20H30N4O3/c1-21-20(24-6-5-17(15-24)23-7-11-25-12-8-23)22-14-16-3-4-18-19(13-16)27-10-2-9-26-18/h3-4,13,17H,2,5-12,14-15H2,1H3,(H,21,22). The first-order chi connectivity index (χ1) is 13.3. The number of rotatable bonds is 3. The van der Waals surface area contributed by atoms with Crippen LogP contribution >= 0.6 is 0 Å². The minimum absolute atomic E-state index is 0.602. The number of nitrogens with one attached hydrogen (secondary N) is 1. The van der Waals surface area contributed by atoms with E-state index in [2.05, 4.69) is 32.2 Å². The van der Waals surface area contributed by atoms with Gasteiger partial charge in [0.2, 0.25) is 0 Å². The molecule has 0 saturated carbocycles. The van der Waals surface area contributed by atoms with Crippen molar-refractivity contribution in [3.63, 3.8) is 0 Å². The molecule has 1 aromatic carbocycles. The van der Waals surface area contributed by atoms with E-state index in [0.29, 0.717) is 12.6 Å². The highest BCUT2D eigenvalue weighted by Crippen LogP contribution is 2.30. The maximum atomic E-state index is 5.79. The van der Waals surface area contributed by atoms with E-state index in [4.69, 9.17) is 14.2 Å². The molecule has 0 radical (unpaired) electrons. The minimum atomic E-state index is 0.602. The molecule has 3 aliphatic heterocycles. The van der Waals surface area contributed by atoms with Crippen molar-refractivity contribution in [2.75, 3.05) is 59.7 Å². The van der Waals surface area contributed by atoms with Crippen LogP contribution in [0.1, 0.15) is 18.4 Å². The summed E-state index contributed by atoms with van der Waals surface area (Å²) in [5.41, 5.74) is 1.17. The Morgan fingerprint density at radius 1 is 1.11 bits per heavy atom. The summed E-state index contributed by atoms with van der Waals surface area (Å²) in [6.45, 7) is 8.02. The van der Waals surface area contributed by atoms with Crippen LogP contribution in [0.25, 0.3) is 0 Å². The van der Waals surface area contributed by atoms with Gasteiger partial charge in [0.1, 0.15) is 0 Å². The highest BCUT2D eigenvalue weighted by Gasteiger charge is 2.30. The van der Waals surface area contributed by atoms with E-state index in [1.54, 1.807) is 0 Å². The SMILES string of the molecule is CN=C(NCc1ccc2c(c1)OCCCO2)N1CCC(N2CCOCC2)C1. The van der Waals surface area contributed by atoms with Crippen LogP contribution in [0.3, 0.4) is 0 Å². The summed E-state index contributed by atoms with van der Waals surface area (Å²) in [6, 6.07) is 6.77. The van der Waals surface area contributed by atoms with Crippen LogP contribution in [-0.2, 0) is 11.3 Å². The Labute approximate surface area is 161 Å². The molecule has 1 aromatic rings. The molecule has 3 heterocycles. The van der Waals surface area contributed by atoms with Gasteiger partial charge in [0.15, 0.2) is 17.5 Å². The van der Waals surface area contributed by atoms with Gasteiger partial charge >= 0.3 is 0 Å². The largest absolute Gasteiger partial charge is 0.490 e. The summed E-state index contributed by atoms with van der Waals surface area (Å²) < 4.78 is 17.0. The Balaban J connectivity index is 1.32. The molecule has 0 amide bonds. The van der Waals surface area contributed by atoms with Crippen molar-refractivity contribution in [1.29, 1.82) is 0 Å². The molecule has 7 nitrogen and oxygen atoms in total. The zero-order chi connectivity index (χ0) is 18.5. The fraction of sp³-hybridized carbons (Fsp3) is 0.650. The molecule has 1 unspecified atom stereocenters. The zero-order valence-corrected chi connectivity index (χ0v) is 16.2. The molecule has 0 spiro atoms. The maximum Gasteiger partial charge on any atom is 0.193 e. The Hall–Kier alpha value is -1.99. The molecule has 3 aliphatic rings. The number of fused-ring (bicyclic) bond motifs is 1. The van der Waals surface area contributed by atoms with E-state index in [1.165, 1.54) is 12.0 Å². The van der Waals surface area contributed by atoms with E-state index in [0.717, 1.165) is 76.4 Å². The van der Waals surface area contributed by atoms with Crippen molar-refractivity contribution in [3.05, 3.63) is 23.8 Å². The first-order valence-corrected chi connectivity index (χ1v) is 9.99. The molecule has 0 aromatic heterocycles. The number of benzene rings is 1. The number of hydrogen-bond donors (Lipinski definition) is 1. The molecule has 27 heavy (non-hydrogen) atoms. The lowest BCUT2D eigenvalue weighted by Crippen LogP contribution is -2.46. The number of hydrogen-bond acceptors (Lipinski definition) is 5. The molecule has 4 rings (SSSR count). The first-order valence-electron chi connectivity index (χ1n) is 9.99. The topological polar surface area (TPSA) is 58.6 Å². The van der Waals surface area contributed by atoms with Crippen molar-refractivity contribution < 1.29 is 14.2 Å². The first kappa shape index (κ1) is 18.4. The third kappa shape index (κ3) is 4.47. The Kier molecular flexibility index (Phi) is 5.99. The number of likely N-dealkylation sites (tertiary alicyclic amines) is 1. The number of nitrogens with zero attached hydrogens (tertiary/aromatic N) is 3. The number of morpholine rings is 1. The summed E-state index contributed by atoms with van der Waals surface area (Å²) in [7, 11) is 1.86. The van der Waals surface area contributed by atoms with Crippen molar-refractivity contribution in [1.82, 2.24) is 15.1 Å². The second-order valence-corrected chi connectivity index (χ2v) is 7.27. The summed E-state index contributed by atoms with van der Waals surface area (Å²) in [5, 5.41) is 3.51. The molecule has 7 heteroatoms. The molecule has 1 atom stereocenters. The van der Waals surface area contributed by atoms with Gasteiger partial charge < -0.3 is 24.4 Å². The zero-order valence-electron chi connectivity index (χ0n) is 16.2. The van der Waals surface area contributed by atoms with Crippen LogP contribution in [0.5, 0.6) is 11.5 Å². The molecule has 148 valence electrons. The number of aliphatic imine (C=N–C) groups is 1. The van der Waals surface area contributed by atoms with Crippen LogP contribution in [0, 0.1) is 0 Å². The smallest absolute Gasteiger partial charge is 0.193 e. The van der Waals surface area contributed by atoms with E-state index in [-0.39, 0.29) is 0 Å². The van der Waals surface area contributed by atoms with E-state index >= 15 is 0 Å². The normalized spacial score (nSPS) is 24.0. The summed E-state index contributed by atoms with van der Waals surface area (Å²) in [4.78, 5) is 9.42. The van der Waals surface area contributed by atoms with Gasteiger partial charge in [0.05, 0.1) is 26.4 Å². The molecule has 2 fully saturated rings. The lowest BCUT2D eigenvalue weighted by Gasteiger charge is -2.32. The van der Waals surface area contributed by atoms with Gasteiger partial charge in [0.25, 0.3) is 0 Å². The van der Waals surface area contributed by atoms with Crippen molar-refractivity contribution >= 4 is 5.96 Å². The van der Waals surface area contributed by atoms with Gasteiger partial charge in [-0.3, -0.25) is 9.89 Å². The molecule has 0 aliphatic carbocycles. The fourth-order valence-corrected chi connectivity index (χ4v) is 4.01.